The molecule has 0 saturated carbocycles. The molecule has 2 aromatic rings. The highest BCUT2D eigenvalue weighted by Gasteiger charge is 2.17. The molecule has 2 aromatic carbocycles. The monoisotopic (exact) mass is 287 g/mol. The van der Waals surface area contributed by atoms with Crippen LogP contribution in [-0.4, -0.2) is 10.6 Å². The first-order valence-electron chi connectivity index (χ1n) is 6.30. The average molecular weight is 287 g/mol. The molecular weight excluding hydrogens is 271 g/mol. The van der Waals surface area contributed by atoms with Gasteiger partial charge in [-0.3, -0.25) is 0 Å². The summed E-state index contributed by atoms with van der Waals surface area (Å²) >= 11 is 0. The second kappa shape index (κ2) is 5.86. The number of rotatable bonds is 2. The van der Waals surface area contributed by atoms with Crippen molar-refractivity contribution < 1.29 is 14.9 Å². The predicted molar refractivity (Wildman–Crippen MR) is 79.1 cm³/mol. The van der Waals surface area contributed by atoms with Crippen molar-refractivity contribution in [3.63, 3.8) is 0 Å². The highest BCUT2D eigenvalue weighted by Crippen LogP contribution is 2.32. The molecule has 0 spiro atoms. The van der Waals surface area contributed by atoms with Crippen molar-refractivity contribution in [2.45, 2.75) is 20.8 Å². The maximum Gasteiger partial charge on any atom is 0.246 e. The summed E-state index contributed by atoms with van der Waals surface area (Å²) in [6.07, 6.45) is 0. The first kappa shape index (κ1) is 14.9. The molecule has 0 aromatic heterocycles. The summed E-state index contributed by atoms with van der Waals surface area (Å²) in [5, 5.41) is 9.84. The Morgan fingerprint density at radius 3 is 2.15 bits per heavy atom. The summed E-state index contributed by atoms with van der Waals surface area (Å²) in [6, 6.07) is 11.7. The van der Waals surface area contributed by atoms with Gasteiger partial charge in [0.05, 0.1) is 5.56 Å². The van der Waals surface area contributed by atoms with Gasteiger partial charge in [0.15, 0.2) is 0 Å². The Hall–Kier alpha value is -1.51. The molecule has 104 valence electrons. The number of hydrogen-bond acceptors (Lipinski definition) is 2. The number of hydrogen-bond donors (Lipinski definition) is 1. The molecule has 3 nitrogen and oxygen atoms in total. The van der Waals surface area contributed by atoms with Crippen molar-refractivity contribution in [3.8, 4) is 11.1 Å². The first-order valence-corrected chi connectivity index (χ1v) is 7.48. The fraction of sp³-hybridized carbons (Fsp3) is 0.188. The number of aliphatic hydroxyl groups excluding tert-OH is 1. The van der Waals surface area contributed by atoms with Crippen LogP contribution >= 0.6 is 8.00 Å². The molecule has 0 unspecified atom stereocenters. The zero-order valence-corrected chi connectivity index (χ0v) is 12.6. The minimum Gasteiger partial charge on any atom is -0.631 e. The number of aryl methyl sites for hydroxylation is 2. The smallest absolute Gasteiger partial charge is 0.246 e. The van der Waals surface area contributed by atoms with E-state index in [9.17, 15) is 14.9 Å². The Labute approximate surface area is 119 Å². The minimum absolute atomic E-state index is 0.408. The van der Waals surface area contributed by atoms with Crippen LogP contribution in [0, 0.1) is 20.8 Å². The van der Waals surface area contributed by atoms with E-state index in [0.717, 1.165) is 27.8 Å². The lowest BCUT2D eigenvalue weighted by Crippen LogP contribution is -2.14. The Bertz CT molecular complexity index is 672. The van der Waals surface area contributed by atoms with Gasteiger partial charge < -0.3 is 14.9 Å². The molecule has 1 N–H and O–H groups in total. The van der Waals surface area contributed by atoms with Gasteiger partial charge in [-0.2, -0.15) is 0 Å². The largest absolute Gasteiger partial charge is 0.631 e. The zero-order valence-electron chi connectivity index (χ0n) is 11.7. The first-order chi connectivity index (χ1) is 9.43. The van der Waals surface area contributed by atoms with Crippen LogP contribution in [0.2, 0.25) is 0 Å². The number of aliphatic hydroxyl groups is 1. The maximum atomic E-state index is 11.1. The lowest BCUT2D eigenvalue weighted by molar-refractivity contribution is -0.282. The van der Waals surface area contributed by atoms with E-state index in [1.54, 1.807) is 6.92 Å². The molecule has 0 atom stereocenters. The van der Waals surface area contributed by atoms with Crippen molar-refractivity contribution in [3.05, 3.63) is 58.7 Å². The van der Waals surface area contributed by atoms with Gasteiger partial charge in [0, 0.05) is 8.00 Å². The molecule has 0 fully saturated rings. The molecule has 4 heteroatoms. The molecule has 0 aliphatic rings. The van der Waals surface area contributed by atoms with Crippen molar-refractivity contribution in [1.29, 1.82) is 0 Å². The maximum absolute atomic E-state index is 11.1. The summed E-state index contributed by atoms with van der Waals surface area (Å²) in [4.78, 5) is 22.2. The quantitative estimate of drug-likeness (QED) is 0.861. The van der Waals surface area contributed by atoms with Crippen LogP contribution in [0.5, 0.6) is 0 Å². The summed E-state index contributed by atoms with van der Waals surface area (Å²) in [6.45, 7) is 5.63. The summed E-state index contributed by atoms with van der Waals surface area (Å²) < 4.78 is 0. The van der Waals surface area contributed by atoms with Gasteiger partial charge in [0.2, 0.25) is 5.48 Å². The third-order valence-electron chi connectivity index (χ3n) is 3.43. The van der Waals surface area contributed by atoms with E-state index < -0.39 is 13.5 Å². The standard InChI is InChI=1S/C16H17O3P/c1-10-9-11(2)15(16(17)20(18)19)12(3)14(10)13-7-5-4-6-8-13/h4-9,17H,1-3H3,(H,18,19)/p-1. The number of benzene rings is 2. The highest BCUT2D eigenvalue weighted by atomic mass is 31.1. The topological polar surface area (TPSA) is 66.3 Å². The molecule has 0 aliphatic carbocycles. The summed E-state index contributed by atoms with van der Waals surface area (Å²) in [5.41, 5.74) is 4.43. The van der Waals surface area contributed by atoms with Gasteiger partial charge in [-0.25, -0.2) is 0 Å². The third-order valence-corrected chi connectivity index (χ3v) is 4.00. The van der Waals surface area contributed by atoms with E-state index in [2.05, 4.69) is 0 Å². The van der Waals surface area contributed by atoms with Gasteiger partial charge in [-0.15, -0.1) is 0 Å². The fourth-order valence-corrected chi connectivity index (χ4v) is 3.20. The summed E-state index contributed by atoms with van der Waals surface area (Å²) in [7, 11) is -2.99. The molecule has 20 heavy (non-hydrogen) atoms. The van der Waals surface area contributed by atoms with E-state index >= 15 is 0 Å². The van der Waals surface area contributed by atoms with Crippen LogP contribution in [-0.2, 0) is 0 Å². The Balaban J connectivity index is 2.79. The predicted octanol–water partition coefficient (Wildman–Crippen LogP) is 2.16. The Kier molecular flexibility index (Phi) is 4.36. The van der Waals surface area contributed by atoms with E-state index in [0.29, 0.717) is 5.56 Å². The molecule has 0 bridgehead atoms. The van der Waals surface area contributed by atoms with Crippen LogP contribution in [0.15, 0.2) is 36.4 Å². The molecule has 0 amide bonds. The lowest BCUT2D eigenvalue weighted by Gasteiger charge is -2.17. The average Bonchev–Trinajstić information content (AvgIpc) is 2.39. The molecule has 0 aliphatic heterocycles. The van der Waals surface area contributed by atoms with Gasteiger partial charge >= 0.3 is 0 Å². The molecular formula is C16H16O3P-. The van der Waals surface area contributed by atoms with Crippen molar-refractivity contribution in [2.75, 3.05) is 0 Å². The Morgan fingerprint density at radius 2 is 1.60 bits per heavy atom. The lowest BCUT2D eigenvalue weighted by atomic mass is 9.89. The van der Waals surface area contributed by atoms with Gasteiger partial charge in [0.25, 0.3) is 0 Å². The highest BCUT2D eigenvalue weighted by molar-refractivity contribution is 7.44. The van der Waals surface area contributed by atoms with Crippen LogP contribution in [0.3, 0.4) is 0 Å². The SMILES string of the molecule is Cc1cc(C)c(-c2ccccc2)c(C)c1C(O)=[P+]([O-])[O-]. The minimum atomic E-state index is -2.99. The van der Waals surface area contributed by atoms with Gasteiger partial charge in [-0.1, -0.05) is 36.4 Å². The molecule has 0 radical (unpaired) electrons. The second-order valence-corrected chi connectivity index (χ2v) is 5.77. The van der Waals surface area contributed by atoms with Crippen molar-refractivity contribution >= 4 is 13.5 Å². The van der Waals surface area contributed by atoms with Crippen LogP contribution in [0.1, 0.15) is 22.3 Å². The second-order valence-electron chi connectivity index (χ2n) is 4.83. The van der Waals surface area contributed by atoms with E-state index in [1.807, 2.05) is 50.2 Å². The third kappa shape index (κ3) is 2.67. The molecule has 0 saturated heterocycles. The van der Waals surface area contributed by atoms with Gasteiger partial charge in [-0.05, 0) is 48.6 Å². The zero-order chi connectivity index (χ0) is 14.9. The van der Waals surface area contributed by atoms with Gasteiger partial charge in [0.1, 0.15) is 0 Å². The summed E-state index contributed by atoms with van der Waals surface area (Å²) in [5.74, 6) is 0. The fourth-order valence-electron chi connectivity index (χ4n) is 2.67. The molecule has 2 rings (SSSR count). The van der Waals surface area contributed by atoms with Crippen LogP contribution in [0.4, 0.5) is 0 Å². The van der Waals surface area contributed by atoms with E-state index in [4.69, 9.17) is 0 Å². The van der Waals surface area contributed by atoms with E-state index in [-0.39, 0.29) is 0 Å². The van der Waals surface area contributed by atoms with E-state index in [1.165, 1.54) is 0 Å². The Morgan fingerprint density at radius 1 is 1.00 bits per heavy atom. The van der Waals surface area contributed by atoms with Crippen LogP contribution < -0.4 is 9.79 Å². The van der Waals surface area contributed by atoms with Crippen molar-refractivity contribution in [2.24, 2.45) is 0 Å². The van der Waals surface area contributed by atoms with Crippen LogP contribution in [0.25, 0.3) is 11.1 Å². The normalized spacial score (nSPS) is 10.5. The van der Waals surface area contributed by atoms with Crippen molar-refractivity contribution in [1.82, 2.24) is 0 Å². The molecule has 0 heterocycles.